The maximum atomic E-state index is 11.5. The SMILES string of the molecule is Cn1c(COc2cccc3c2NC(=O)CO3)nc2cc(Cl)ccc21. The number of anilines is 1. The van der Waals surface area contributed by atoms with Crippen LogP contribution in [-0.4, -0.2) is 22.1 Å². The minimum Gasteiger partial charge on any atom is -0.483 e. The average molecular weight is 344 g/mol. The van der Waals surface area contributed by atoms with Crippen LogP contribution in [-0.2, 0) is 18.4 Å². The van der Waals surface area contributed by atoms with Crippen LogP contribution in [0.25, 0.3) is 11.0 Å². The Kier molecular flexibility index (Phi) is 3.54. The summed E-state index contributed by atoms with van der Waals surface area (Å²) in [5, 5.41) is 3.42. The molecule has 0 saturated heterocycles. The molecule has 0 atom stereocenters. The third-order valence-electron chi connectivity index (χ3n) is 3.90. The van der Waals surface area contributed by atoms with E-state index in [1.54, 1.807) is 12.1 Å². The zero-order chi connectivity index (χ0) is 16.7. The molecule has 0 spiro atoms. The number of fused-ring (bicyclic) bond motifs is 2. The van der Waals surface area contributed by atoms with Gasteiger partial charge in [0.1, 0.15) is 29.6 Å². The molecule has 7 heteroatoms. The fraction of sp³-hybridized carbons (Fsp3) is 0.176. The Morgan fingerprint density at radius 3 is 3.12 bits per heavy atom. The van der Waals surface area contributed by atoms with Crippen molar-refractivity contribution in [1.82, 2.24) is 9.55 Å². The number of rotatable bonds is 3. The van der Waals surface area contributed by atoms with Crippen LogP contribution >= 0.6 is 11.6 Å². The second-order valence-corrected chi connectivity index (χ2v) is 5.91. The van der Waals surface area contributed by atoms with Gasteiger partial charge < -0.3 is 19.4 Å². The zero-order valence-electron chi connectivity index (χ0n) is 12.9. The lowest BCUT2D eigenvalue weighted by atomic mass is 10.2. The predicted octanol–water partition coefficient (Wildman–Crippen LogP) is 3.14. The van der Waals surface area contributed by atoms with Gasteiger partial charge in [-0.05, 0) is 30.3 Å². The van der Waals surface area contributed by atoms with E-state index in [4.69, 9.17) is 21.1 Å². The van der Waals surface area contributed by atoms with E-state index < -0.39 is 0 Å². The molecule has 0 radical (unpaired) electrons. The second-order valence-electron chi connectivity index (χ2n) is 5.47. The molecule has 1 aromatic heterocycles. The van der Waals surface area contributed by atoms with Crippen LogP contribution < -0.4 is 14.8 Å². The Hall–Kier alpha value is -2.73. The summed E-state index contributed by atoms with van der Waals surface area (Å²) in [5.41, 5.74) is 2.34. The van der Waals surface area contributed by atoms with Crippen LogP contribution in [0.4, 0.5) is 5.69 Å². The van der Waals surface area contributed by atoms with Crippen molar-refractivity contribution in [3.05, 3.63) is 47.2 Å². The van der Waals surface area contributed by atoms with E-state index in [1.807, 2.05) is 35.9 Å². The number of aromatic nitrogens is 2. The molecule has 1 aliphatic rings. The number of carbonyl (C=O) groups is 1. The summed E-state index contributed by atoms with van der Waals surface area (Å²) in [6, 6.07) is 11.0. The van der Waals surface area contributed by atoms with Gasteiger partial charge in [0, 0.05) is 12.1 Å². The third kappa shape index (κ3) is 2.55. The third-order valence-corrected chi connectivity index (χ3v) is 4.14. The Labute approximate surface area is 143 Å². The number of amides is 1. The summed E-state index contributed by atoms with van der Waals surface area (Å²) < 4.78 is 13.2. The largest absolute Gasteiger partial charge is 0.483 e. The molecule has 122 valence electrons. The van der Waals surface area contributed by atoms with E-state index in [0.29, 0.717) is 22.2 Å². The van der Waals surface area contributed by atoms with Gasteiger partial charge in [0.2, 0.25) is 0 Å². The number of carbonyl (C=O) groups excluding carboxylic acids is 1. The zero-order valence-corrected chi connectivity index (χ0v) is 13.6. The van der Waals surface area contributed by atoms with Crippen LogP contribution in [0, 0.1) is 0 Å². The highest BCUT2D eigenvalue weighted by Crippen LogP contribution is 2.36. The van der Waals surface area contributed by atoms with E-state index in [1.165, 1.54) is 0 Å². The van der Waals surface area contributed by atoms with Gasteiger partial charge in [-0.2, -0.15) is 0 Å². The molecule has 24 heavy (non-hydrogen) atoms. The van der Waals surface area contributed by atoms with E-state index in [2.05, 4.69) is 10.3 Å². The quantitative estimate of drug-likeness (QED) is 0.793. The first kappa shape index (κ1) is 14.8. The van der Waals surface area contributed by atoms with E-state index in [9.17, 15) is 4.79 Å². The number of hydrogen-bond donors (Lipinski definition) is 1. The molecule has 1 aliphatic heterocycles. The highest BCUT2D eigenvalue weighted by Gasteiger charge is 2.20. The van der Waals surface area contributed by atoms with Gasteiger partial charge in [-0.3, -0.25) is 4.79 Å². The van der Waals surface area contributed by atoms with Crippen molar-refractivity contribution in [3.8, 4) is 11.5 Å². The highest BCUT2D eigenvalue weighted by molar-refractivity contribution is 6.31. The van der Waals surface area contributed by atoms with Crippen molar-refractivity contribution in [3.63, 3.8) is 0 Å². The molecule has 3 aromatic rings. The monoisotopic (exact) mass is 343 g/mol. The lowest BCUT2D eigenvalue weighted by molar-refractivity contribution is -0.118. The number of nitrogens with one attached hydrogen (secondary N) is 1. The number of ether oxygens (including phenoxy) is 2. The molecule has 0 aliphatic carbocycles. The smallest absolute Gasteiger partial charge is 0.262 e. The highest BCUT2D eigenvalue weighted by atomic mass is 35.5. The van der Waals surface area contributed by atoms with E-state index >= 15 is 0 Å². The number of aryl methyl sites for hydroxylation is 1. The topological polar surface area (TPSA) is 65.4 Å². The fourth-order valence-corrected chi connectivity index (χ4v) is 2.85. The molecule has 0 saturated carbocycles. The first-order valence-corrected chi connectivity index (χ1v) is 7.79. The molecular formula is C17H14ClN3O3. The molecule has 1 amide bonds. The fourth-order valence-electron chi connectivity index (χ4n) is 2.69. The van der Waals surface area contributed by atoms with Crippen LogP contribution in [0.1, 0.15) is 5.82 Å². The summed E-state index contributed by atoms with van der Waals surface area (Å²) in [6.45, 7) is 0.275. The molecular weight excluding hydrogens is 330 g/mol. The molecule has 2 heterocycles. The first-order chi connectivity index (χ1) is 11.6. The molecule has 2 aromatic carbocycles. The standard InChI is InChI=1S/C17H14ClN3O3/c1-21-12-6-5-10(18)7-11(12)19-15(21)8-23-13-3-2-4-14-17(13)20-16(22)9-24-14/h2-7H,8-9H2,1H3,(H,20,22). The van der Waals surface area contributed by atoms with Crippen molar-refractivity contribution in [2.45, 2.75) is 6.61 Å². The number of nitrogens with zero attached hydrogens (tertiary/aromatic N) is 2. The predicted molar refractivity (Wildman–Crippen MR) is 90.6 cm³/mol. The van der Waals surface area contributed by atoms with E-state index in [0.717, 1.165) is 16.9 Å². The average Bonchev–Trinajstić information content (AvgIpc) is 2.88. The van der Waals surface area contributed by atoms with Gasteiger partial charge in [-0.25, -0.2) is 4.98 Å². The molecule has 1 N–H and O–H groups in total. The van der Waals surface area contributed by atoms with Gasteiger partial charge in [-0.1, -0.05) is 17.7 Å². The lowest BCUT2D eigenvalue weighted by Gasteiger charge is -2.20. The lowest BCUT2D eigenvalue weighted by Crippen LogP contribution is -2.25. The Bertz CT molecular complexity index is 952. The van der Waals surface area contributed by atoms with Crippen molar-refractivity contribution < 1.29 is 14.3 Å². The van der Waals surface area contributed by atoms with Crippen molar-refractivity contribution in [2.24, 2.45) is 7.05 Å². The van der Waals surface area contributed by atoms with Crippen LogP contribution in [0.5, 0.6) is 11.5 Å². The number of hydrogen-bond acceptors (Lipinski definition) is 4. The summed E-state index contributed by atoms with van der Waals surface area (Å²) in [4.78, 5) is 16.1. The number of para-hydroxylation sites is 1. The number of halogens is 1. The van der Waals surface area contributed by atoms with Crippen molar-refractivity contribution in [2.75, 3.05) is 11.9 Å². The van der Waals surface area contributed by atoms with Crippen LogP contribution in [0.15, 0.2) is 36.4 Å². The molecule has 0 fully saturated rings. The second kappa shape index (κ2) is 5.72. The minimum absolute atomic E-state index is 0.0158. The molecule has 4 rings (SSSR count). The van der Waals surface area contributed by atoms with Crippen molar-refractivity contribution in [1.29, 1.82) is 0 Å². The molecule has 0 bridgehead atoms. The number of benzene rings is 2. The van der Waals surface area contributed by atoms with Crippen LogP contribution in [0.2, 0.25) is 5.02 Å². The normalized spacial score (nSPS) is 13.3. The maximum absolute atomic E-state index is 11.5. The minimum atomic E-state index is -0.198. The van der Waals surface area contributed by atoms with Crippen LogP contribution in [0.3, 0.4) is 0 Å². The van der Waals surface area contributed by atoms with Gasteiger partial charge >= 0.3 is 0 Å². The first-order valence-electron chi connectivity index (χ1n) is 7.41. The molecule has 0 unspecified atom stereocenters. The van der Waals surface area contributed by atoms with Gasteiger partial charge in [0.25, 0.3) is 5.91 Å². The van der Waals surface area contributed by atoms with Crippen molar-refractivity contribution >= 4 is 34.2 Å². The number of imidazole rings is 1. The van der Waals surface area contributed by atoms with Gasteiger partial charge in [0.05, 0.1) is 11.0 Å². The molecule has 6 nitrogen and oxygen atoms in total. The Balaban J connectivity index is 1.62. The summed E-state index contributed by atoms with van der Waals surface area (Å²) in [5.74, 6) is 1.71. The maximum Gasteiger partial charge on any atom is 0.262 e. The van der Waals surface area contributed by atoms with Gasteiger partial charge in [0.15, 0.2) is 6.61 Å². The summed E-state index contributed by atoms with van der Waals surface area (Å²) in [6.07, 6.45) is 0. The van der Waals surface area contributed by atoms with Gasteiger partial charge in [-0.15, -0.1) is 0 Å². The Morgan fingerprint density at radius 2 is 2.25 bits per heavy atom. The summed E-state index contributed by atoms with van der Waals surface area (Å²) >= 11 is 6.01. The van der Waals surface area contributed by atoms with E-state index in [-0.39, 0.29) is 19.1 Å². The summed E-state index contributed by atoms with van der Waals surface area (Å²) in [7, 11) is 1.92. The Morgan fingerprint density at radius 1 is 1.38 bits per heavy atom.